The number of rotatable bonds is 8. The van der Waals surface area contributed by atoms with Crippen LogP contribution in [0.15, 0.2) is 53.4 Å². The van der Waals surface area contributed by atoms with Crippen molar-refractivity contribution in [2.75, 3.05) is 38.2 Å². The van der Waals surface area contributed by atoms with Crippen LogP contribution in [-0.2, 0) is 14.8 Å². The number of carbonyl (C=O) groups excluding carboxylic acids is 1. The van der Waals surface area contributed by atoms with E-state index in [1.54, 1.807) is 18.2 Å². The third-order valence-electron chi connectivity index (χ3n) is 6.17. The normalized spacial score (nSPS) is 18.6. The van der Waals surface area contributed by atoms with E-state index in [-0.39, 0.29) is 30.6 Å². The van der Waals surface area contributed by atoms with Crippen LogP contribution >= 0.6 is 0 Å². The minimum Gasteiger partial charge on any atom is -0.378 e. The van der Waals surface area contributed by atoms with Gasteiger partial charge in [0.05, 0.1) is 29.1 Å². The molecule has 0 radical (unpaired) electrons. The first-order valence-electron chi connectivity index (χ1n) is 10.8. The molecule has 0 aromatic heterocycles. The van der Waals surface area contributed by atoms with Gasteiger partial charge in [0, 0.05) is 31.3 Å². The molecule has 2 aromatic carbocycles. The lowest BCUT2D eigenvalue weighted by molar-refractivity contribution is -0.384. The van der Waals surface area contributed by atoms with Gasteiger partial charge in [-0.1, -0.05) is 18.2 Å². The number of ether oxygens (including phenoxy) is 1. The Morgan fingerprint density at radius 3 is 2.44 bits per heavy atom. The number of nitrogens with one attached hydrogen (secondary N) is 2. The number of carbonyl (C=O) groups is 1. The van der Waals surface area contributed by atoms with E-state index in [1.165, 1.54) is 18.2 Å². The van der Waals surface area contributed by atoms with E-state index in [4.69, 9.17) is 4.74 Å². The molecular formula is C22H25FN4O6S. The molecule has 34 heavy (non-hydrogen) atoms. The van der Waals surface area contributed by atoms with Crippen LogP contribution in [0.25, 0.3) is 0 Å². The van der Waals surface area contributed by atoms with Gasteiger partial charge in [-0.25, -0.2) is 17.5 Å². The number of likely N-dealkylation sites (tertiary alicyclic amines) is 1. The second-order valence-electron chi connectivity index (χ2n) is 8.47. The van der Waals surface area contributed by atoms with E-state index in [1.807, 2.05) is 4.72 Å². The first-order valence-corrected chi connectivity index (χ1v) is 12.3. The number of piperidine rings is 1. The van der Waals surface area contributed by atoms with Gasteiger partial charge in [-0.2, -0.15) is 0 Å². The van der Waals surface area contributed by atoms with Gasteiger partial charge in [-0.05, 0) is 37.1 Å². The van der Waals surface area contributed by atoms with Crippen molar-refractivity contribution >= 4 is 27.3 Å². The Morgan fingerprint density at radius 2 is 1.85 bits per heavy atom. The van der Waals surface area contributed by atoms with Crippen LogP contribution in [0.5, 0.6) is 0 Å². The molecule has 1 amide bonds. The molecular weight excluding hydrogens is 467 g/mol. The third-order valence-corrected chi connectivity index (χ3v) is 7.49. The van der Waals surface area contributed by atoms with Crippen molar-refractivity contribution in [1.82, 2.24) is 9.62 Å². The quantitative estimate of drug-likeness (QED) is 0.424. The average Bonchev–Trinajstić information content (AvgIpc) is 2.78. The monoisotopic (exact) mass is 492 g/mol. The van der Waals surface area contributed by atoms with Gasteiger partial charge in [0.15, 0.2) is 0 Å². The van der Waals surface area contributed by atoms with Crippen LogP contribution in [0, 0.1) is 10.1 Å². The number of halogens is 1. The maximum atomic E-state index is 15.3. The second kappa shape index (κ2) is 9.65. The molecule has 2 aromatic rings. The van der Waals surface area contributed by atoms with Gasteiger partial charge in [-0.15, -0.1) is 0 Å². The Kier molecular flexibility index (Phi) is 6.82. The van der Waals surface area contributed by atoms with Crippen LogP contribution in [-0.4, -0.2) is 68.7 Å². The molecule has 0 atom stereocenters. The van der Waals surface area contributed by atoms with Gasteiger partial charge in [-0.3, -0.25) is 19.8 Å². The molecule has 0 aliphatic carbocycles. The van der Waals surface area contributed by atoms with Crippen LogP contribution in [0.4, 0.5) is 15.8 Å². The SMILES string of the molecule is O=C(NS(=O)(=O)c1ccc(NCC2(F)CCN(C3COC3)CC2)c([N+](=O)[O-])c1)c1ccccc1. The minimum absolute atomic E-state index is 0.00480. The molecule has 2 aliphatic heterocycles. The molecule has 2 aliphatic rings. The molecule has 0 spiro atoms. The number of sulfonamides is 1. The zero-order chi connectivity index (χ0) is 24.3. The second-order valence-corrected chi connectivity index (χ2v) is 10.2. The number of amides is 1. The van der Waals surface area contributed by atoms with Gasteiger partial charge >= 0.3 is 0 Å². The summed E-state index contributed by atoms with van der Waals surface area (Å²) in [5, 5.41) is 14.4. The van der Waals surface area contributed by atoms with Crippen LogP contribution in [0.3, 0.4) is 0 Å². The first-order chi connectivity index (χ1) is 16.2. The number of alkyl halides is 1. The molecule has 12 heteroatoms. The number of benzene rings is 2. The van der Waals surface area contributed by atoms with Crippen LogP contribution in [0.1, 0.15) is 23.2 Å². The molecule has 2 heterocycles. The van der Waals surface area contributed by atoms with E-state index >= 15 is 4.39 Å². The van der Waals surface area contributed by atoms with Crippen LogP contribution < -0.4 is 10.0 Å². The maximum absolute atomic E-state index is 15.3. The fraction of sp³-hybridized carbons (Fsp3) is 0.409. The Labute approximate surface area is 196 Å². The summed E-state index contributed by atoms with van der Waals surface area (Å²) in [5.41, 5.74) is -1.93. The van der Waals surface area contributed by atoms with Crippen LogP contribution in [0.2, 0.25) is 0 Å². The highest BCUT2D eigenvalue weighted by atomic mass is 32.2. The van der Waals surface area contributed by atoms with Crippen molar-refractivity contribution in [3.05, 3.63) is 64.2 Å². The number of nitro benzene ring substituents is 1. The predicted molar refractivity (Wildman–Crippen MR) is 122 cm³/mol. The molecule has 10 nitrogen and oxygen atoms in total. The molecule has 2 N–H and O–H groups in total. The van der Waals surface area contributed by atoms with E-state index in [9.17, 15) is 23.3 Å². The summed E-state index contributed by atoms with van der Waals surface area (Å²) in [6, 6.07) is 11.3. The van der Waals surface area contributed by atoms with E-state index < -0.39 is 37.1 Å². The lowest BCUT2D eigenvalue weighted by atomic mass is 9.92. The number of hydrogen-bond acceptors (Lipinski definition) is 8. The topological polar surface area (TPSA) is 131 Å². The van der Waals surface area contributed by atoms with Gasteiger partial charge in [0.2, 0.25) is 0 Å². The van der Waals surface area contributed by atoms with Crippen molar-refractivity contribution in [3.63, 3.8) is 0 Å². The highest BCUT2D eigenvalue weighted by Crippen LogP contribution is 2.32. The van der Waals surface area contributed by atoms with Crippen molar-refractivity contribution in [3.8, 4) is 0 Å². The summed E-state index contributed by atoms with van der Waals surface area (Å²) in [5.74, 6) is -0.857. The molecule has 4 rings (SSSR count). The van der Waals surface area contributed by atoms with E-state index in [0.717, 1.165) is 12.1 Å². The van der Waals surface area contributed by atoms with Crippen molar-refractivity contribution in [2.45, 2.75) is 29.4 Å². The standard InChI is InChI=1S/C22H25FN4O6S/c23-22(8-10-26(11-9-22)17-13-33-14-17)15-24-19-7-6-18(12-20(19)27(29)30)34(31,32)25-21(28)16-4-2-1-3-5-16/h1-7,12,17,24H,8-11,13-15H2,(H,25,28). The molecule has 0 saturated carbocycles. The Balaban J connectivity index is 1.44. The fourth-order valence-corrected chi connectivity index (χ4v) is 4.96. The molecule has 0 unspecified atom stereocenters. The lowest BCUT2D eigenvalue weighted by Crippen LogP contribution is -2.55. The third kappa shape index (κ3) is 5.34. The van der Waals surface area contributed by atoms with Gasteiger partial charge in [0.25, 0.3) is 21.6 Å². The zero-order valence-corrected chi connectivity index (χ0v) is 19.1. The van der Waals surface area contributed by atoms with E-state index in [2.05, 4.69) is 10.2 Å². The van der Waals surface area contributed by atoms with Crippen molar-refractivity contribution in [1.29, 1.82) is 0 Å². The zero-order valence-electron chi connectivity index (χ0n) is 18.3. The minimum atomic E-state index is -4.36. The number of anilines is 1. The fourth-order valence-electron chi connectivity index (χ4n) is 3.96. The Morgan fingerprint density at radius 1 is 1.18 bits per heavy atom. The summed E-state index contributed by atoms with van der Waals surface area (Å²) in [6.45, 7) is 2.33. The van der Waals surface area contributed by atoms with Crippen molar-refractivity contribution in [2.24, 2.45) is 0 Å². The molecule has 2 saturated heterocycles. The summed E-state index contributed by atoms with van der Waals surface area (Å²) < 4.78 is 47.6. The summed E-state index contributed by atoms with van der Waals surface area (Å²) in [7, 11) is -4.36. The number of hydrogen-bond donors (Lipinski definition) is 2. The largest absolute Gasteiger partial charge is 0.378 e. The first kappa shape index (κ1) is 24.0. The Bertz CT molecular complexity index is 1170. The summed E-state index contributed by atoms with van der Waals surface area (Å²) >= 11 is 0. The maximum Gasteiger partial charge on any atom is 0.293 e. The molecule has 182 valence electrons. The summed E-state index contributed by atoms with van der Waals surface area (Å²) in [4.78, 5) is 24.8. The van der Waals surface area contributed by atoms with Gasteiger partial charge < -0.3 is 10.1 Å². The number of nitrogens with zero attached hydrogens (tertiary/aromatic N) is 2. The highest BCUT2D eigenvalue weighted by Gasteiger charge is 2.38. The van der Waals surface area contributed by atoms with Gasteiger partial charge in [0.1, 0.15) is 11.4 Å². The average molecular weight is 493 g/mol. The smallest absolute Gasteiger partial charge is 0.293 e. The molecule has 2 fully saturated rings. The van der Waals surface area contributed by atoms with E-state index in [0.29, 0.717) is 32.3 Å². The number of nitro groups is 1. The molecule has 0 bridgehead atoms. The summed E-state index contributed by atoms with van der Waals surface area (Å²) in [6.07, 6.45) is 0.560. The lowest BCUT2D eigenvalue weighted by Gasteiger charge is -2.43. The Hall–Kier alpha value is -3.09. The highest BCUT2D eigenvalue weighted by molar-refractivity contribution is 7.90. The van der Waals surface area contributed by atoms with Crippen molar-refractivity contribution < 1.29 is 27.3 Å². The predicted octanol–water partition coefficient (Wildman–Crippen LogP) is 2.33.